The molecule has 1 N–H and O–H groups in total. The van der Waals surface area contributed by atoms with Gasteiger partial charge in [0.1, 0.15) is 0 Å². The van der Waals surface area contributed by atoms with Crippen LogP contribution in [-0.2, 0) is 17.1 Å². The van der Waals surface area contributed by atoms with Gasteiger partial charge in [0.05, 0.1) is 6.07 Å². The maximum Gasteiger partial charge on any atom is 0.260 e. The number of rotatable bonds is 5. The third-order valence-corrected chi connectivity index (χ3v) is 4.10. The summed E-state index contributed by atoms with van der Waals surface area (Å²) in [4.78, 5) is 0. The maximum atomic E-state index is 11.8. The Labute approximate surface area is 102 Å². The van der Waals surface area contributed by atoms with Gasteiger partial charge in [0, 0.05) is 20.0 Å². The number of nitriles is 1. The SMILES string of the molecule is Cn1nnc(Br)c1S(=O)(=O)NCCCC#N. The fourth-order valence-electron chi connectivity index (χ4n) is 1.05. The van der Waals surface area contributed by atoms with Crippen LogP contribution in [0.25, 0.3) is 0 Å². The number of hydrogen-bond acceptors (Lipinski definition) is 5. The van der Waals surface area contributed by atoms with E-state index in [1.807, 2.05) is 6.07 Å². The molecule has 9 heteroatoms. The van der Waals surface area contributed by atoms with E-state index in [0.29, 0.717) is 12.8 Å². The summed E-state index contributed by atoms with van der Waals surface area (Å²) in [6, 6.07) is 1.94. The van der Waals surface area contributed by atoms with E-state index >= 15 is 0 Å². The van der Waals surface area contributed by atoms with Gasteiger partial charge in [-0.1, -0.05) is 5.21 Å². The monoisotopic (exact) mass is 307 g/mol. The van der Waals surface area contributed by atoms with Crippen LogP contribution in [0.4, 0.5) is 0 Å². The van der Waals surface area contributed by atoms with Gasteiger partial charge in [-0.05, 0) is 22.4 Å². The van der Waals surface area contributed by atoms with Crippen molar-refractivity contribution in [1.29, 1.82) is 5.26 Å². The first kappa shape index (κ1) is 13.1. The summed E-state index contributed by atoms with van der Waals surface area (Å²) in [6.45, 7) is 0.216. The molecule has 1 rings (SSSR count). The Morgan fingerprint density at radius 2 is 2.31 bits per heavy atom. The van der Waals surface area contributed by atoms with Crippen LogP contribution in [-0.4, -0.2) is 30.0 Å². The molecule has 0 fully saturated rings. The highest BCUT2D eigenvalue weighted by atomic mass is 79.9. The molecule has 16 heavy (non-hydrogen) atoms. The van der Waals surface area contributed by atoms with Gasteiger partial charge in [0.25, 0.3) is 10.0 Å². The molecule has 0 saturated carbocycles. The lowest BCUT2D eigenvalue weighted by molar-refractivity contribution is 0.559. The molecular formula is C7H10BrN5O2S. The number of hydrogen-bond donors (Lipinski definition) is 1. The van der Waals surface area contributed by atoms with E-state index in [9.17, 15) is 8.42 Å². The van der Waals surface area contributed by atoms with Crippen molar-refractivity contribution in [2.75, 3.05) is 6.54 Å². The Balaban J connectivity index is 2.76. The molecule has 1 heterocycles. The Kier molecular flexibility index (Phi) is 4.40. The predicted molar refractivity (Wildman–Crippen MR) is 58.7 cm³/mol. The number of halogens is 1. The predicted octanol–water partition coefficient (Wildman–Crippen LogP) is 0.160. The highest BCUT2D eigenvalue weighted by Crippen LogP contribution is 2.17. The second kappa shape index (κ2) is 5.38. The molecular weight excluding hydrogens is 298 g/mol. The van der Waals surface area contributed by atoms with Crippen molar-refractivity contribution in [2.45, 2.75) is 17.9 Å². The van der Waals surface area contributed by atoms with Crippen LogP contribution in [0.1, 0.15) is 12.8 Å². The lowest BCUT2D eigenvalue weighted by Gasteiger charge is -2.05. The molecule has 1 aromatic rings. The van der Waals surface area contributed by atoms with Crippen molar-refractivity contribution in [3.63, 3.8) is 0 Å². The van der Waals surface area contributed by atoms with E-state index < -0.39 is 10.0 Å². The van der Waals surface area contributed by atoms with E-state index in [0.717, 1.165) is 4.68 Å². The van der Waals surface area contributed by atoms with Crippen LogP contribution in [0.5, 0.6) is 0 Å². The van der Waals surface area contributed by atoms with Crippen LogP contribution in [0, 0.1) is 11.3 Å². The first-order chi connectivity index (χ1) is 7.49. The fourth-order valence-corrected chi connectivity index (χ4v) is 3.21. The molecule has 0 atom stereocenters. The molecule has 0 aliphatic carbocycles. The van der Waals surface area contributed by atoms with Crippen LogP contribution in [0.2, 0.25) is 0 Å². The molecule has 0 aliphatic rings. The summed E-state index contributed by atoms with van der Waals surface area (Å²) < 4.78 is 27.2. The molecule has 0 spiro atoms. The van der Waals surface area contributed by atoms with E-state index in [1.165, 1.54) is 7.05 Å². The van der Waals surface area contributed by atoms with E-state index in [4.69, 9.17) is 5.26 Å². The first-order valence-electron chi connectivity index (χ1n) is 4.41. The van der Waals surface area contributed by atoms with Gasteiger partial charge >= 0.3 is 0 Å². The van der Waals surface area contributed by atoms with Gasteiger partial charge in [-0.2, -0.15) is 5.26 Å². The molecule has 88 valence electrons. The number of sulfonamides is 1. The maximum absolute atomic E-state index is 11.8. The van der Waals surface area contributed by atoms with Gasteiger partial charge < -0.3 is 0 Å². The summed E-state index contributed by atoms with van der Waals surface area (Å²) in [5.41, 5.74) is 0. The Bertz CT molecular complexity index is 484. The Hall–Kier alpha value is -0.980. The van der Waals surface area contributed by atoms with Crippen molar-refractivity contribution in [3.8, 4) is 6.07 Å². The van der Waals surface area contributed by atoms with Crippen molar-refractivity contribution in [1.82, 2.24) is 19.7 Å². The Morgan fingerprint density at radius 3 is 2.81 bits per heavy atom. The molecule has 0 radical (unpaired) electrons. The Morgan fingerprint density at radius 1 is 1.62 bits per heavy atom. The van der Waals surface area contributed by atoms with Crippen molar-refractivity contribution in [2.24, 2.45) is 7.05 Å². The number of nitrogens with zero attached hydrogens (tertiary/aromatic N) is 4. The van der Waals surface area contributed by atoms with Gasteiger partial charge in [-0.25, -0.2) is 17.8 Å². The lowest BCUT2D eigenvalue weighted by atomic mass is 10.3. The number of nitrogens with one attached hydrogen (secondary N) is 1. The molecule has 0 unspecified atom stereocenters. The highest BCUT2D eigenvalue weighted by Gasteiger charge is 2.22. The van der Waals surface area contributed by atoms with Gasteiger partial charge in [-0.3, -0.25) is 0 Å². The fraction of sp³-hybridized carbons (Fsp3) is 0.571. The molecule has 0 bridgehead atoms. The third kappa shape index (κ3) is 3.01. The number of aryl methyl sites for hydroxylation is 1. The number of unbranched alkanes of at least 4 members (excludes halogenated alkanes) is 1. The summed E-state index contributed by atoms with van der Waals surface area (Å²) in [5.74, 6) is 0. The number of aromatic nitrogens is 3. The van der Waals surface area contributed by atoms with Gasteiger partial charge in [-0.15, -0.1) is 5.10 Å². The standard InChI is InChI=1S/C7H10BrN5O2S/c1-13-7(6(8)11-12-13)16(14,15)10-5-3-2-4-9/h10H,2-3,5H2,1H3. The third-order valence-electron chi connectivity index (χ3n) is 1.75. The first-order valence-corrected chi connectivity index (χ1v) is 6.68. The van der Waals surface area contributed by atoms with Gasteiger partial charge in [0.2, 0.25) is 5.03 Å². The summed E-state index contributed by atoms with van der Waals surface area (Å²) >= 11 is 3.01. The van der Waals surface area contributed by atoms with E-state index in [1.54, 1.807) is 0 Å². The largest absolute Gasteiger partial charge is 0.260 e. The van der Waals surface area contributed by atoms with Crippen LogP contribution >= 0.6 is 15.9 Å². The molecule has 7 nitrogen and oxygen atoms in total. The van der Waals surface area contributed by atoms with Crippen molar-refractivity contribution in [3.05, 3.63) is 4.60 Å². The second-order valence-electron chi connectivity index (χ2n) is 2.97. The minimum Gasteiger partial charge on any atom is -0.235 e. The molecule has 0 saturated heterocycles. The van der Waals surface area contributed by atoms with Crippen molar-refractivity contribution < 1.29 is 8.42 Å². The van der Waals surface area contributed by atoms with Crippen LogP contribution in [0.3, 0.4) is 0 Å². The smallest absolute Gasteiger partial charge is 0.235 e. The highest BCUT2D eigenvalue weighted by molar-refractivity contribution is 9.10. The van der Waals surface area contributed by atoms with Crippen LogP contribution in [0.15, 0.2) is 9.63 Å². The minimum absolute atomic E-state index is 0.0237. The summed E-state index contributed by atoms with van der Waals surface area (Å²) in [5, 5.41) is 15.4. The minimum atomic E-state index is -3.63. The van der Waals surface area contributed by atoms with Crippen molar-refractivity contribution >= 4 is 26.0 Å². The van der Waals surface area contributed by atoms with E-state index in [2.05, 4.69) is 31.0 Å². The van der Waals surface area contributed by atoms with E-state index in [-0.39, 0.29) is 16.2 Å². The zero-order valence-corrected chi connectivity index (χ0v) is 10.9. The quantitative estimate of drug-likeness (QED) is 0.781. The zero-order chi connectivity index (χ0) is 12.2. The molecule has 0 aliphatic heterocycles. The molecule has 0 aromatic carbocycles. The molecule has 0 amide bonds. The second-order valence-corrected chi connectivity index (χ2v) is 5.40. The average molecular weight is 308 g/mol. The lowest BCUT2D eigenvalue weighted by Crippen LogP contribution is -2.27. The summed E-state index contributed by atoms with van der Waals surface area (Å²) in [6.07, 6.45) is 0.784. The zero-order valence-electron chi connectivity index (χ0n) is 8.51. The van der Waals surface area contributed by atoms with Crippen LogP contribution < -0.4 is 4.72 Å². The average Bonchev–Trinajstić information content (AvgIpc) is 2.54. The summed E-state index contributed by atoms with van der Waals surface area (Å²) in [7, 11) is -2.14. The normalized spacial score (nSPS) is 11.3. The van der Waals surface area contributed by atoms with Gasteiger partial charge in [0.15, 0.2) is 4.60 Å². The molecule has 1 aromatic heterocycles. The topological polar surface area (TPSA) is 101 Å².